The Bertz CT molecular complexity index is 1040. The lowest BCUT2D eigenvalue weighted by Gasteiger charge is -2.16. The van der Waals surface area contributed by atoms with E-state index < -0.39 is 0 Å². The molecule has 7 heteroatoms. The molecule has 2 heterocycles. The van der Waals surface area contributed by atoms with Crippen LogP contribution >= 0.6 is 0 Å². The molecule has 0 bridgehead atoms. The van der Waals surface area contributed by atoms with Crippen LogP contribution in [-0.4, -0.2) is 22.7 Å². The first kappa shape index (κ1) is 19.0. The number of hydrogen-bond acceptors (Lipinski definition) is 4. The second-order valence-electron chi connectivity index (χ2n) is 6.87. The summed E-state index contributed by atoms with van der Waals surface area (Å²) in [5.41, 5.74) is 4.24. The normalized spacial score (nSPS) is 15.2. The summed E-state index contributed by atoms with van der Waals surface area (Å²) >= 11 is 0. The molecular formula is C22H24N3O4+. The number of rotatable bonds is 6. The molecular weight excluding hydrogens is 370 g/mol. The molecule has 2 N–H and O–H groups in total. The van der Waals surface area contributed by atoms with E-state index in [-0.39, 0.29) is 16.7 Å². The molecule has 1 aliphatic heterocycles. The molecule has 0 radical (unpaired) electrons. The fourth-order valence-corrected chi connectivity index (χ4v) is 3.89. The number of nitro benzene ring substituents is 1. The van der Waals surface area contributed by atoms with Gasteiger partial charge in [0, 0.05) is 35.5 Å². The maximum Gasteiger partial charge on any atom is 0.269 e. The lowest BCUT2D eigenvalue weighted by molar-refractivity contribution is -0.702. The van der Waals surface area contributed by atoms with E-state index >= 15 is 0 Å². The standard InChI is InChI=1S/C22H23N3O4/c1-3-28-20-12-16-14-23-22(15-7-5-8-17(11-15)25(26)27)18-9-6-10-24(18)19(16)13-21(20)29-4-2/h5-13,22-23H,3-4,14H2,1-2H3/p+1/t22-/m0/s1. The number of hydrogen-bond donors (Lipinski definition) is 1. The molecule has 29 heavy (non-hydrogen) atoms. The summed E-state index contributed by atoms with van der Waals surface area (Å²) in [6, 6.07) is 14.9. The van der Waals surface area contributed by atoms with Gasteiger partial charge in [-0.15, -0.1) is 0 Å². The average molecular weight is 394 g/mol. The Kier molecular flexibility index (Phi) is 5.22. The van der Waals surface area contributed by atoms with Crippen molar-refractivity contribution in [1.29, 1.82) is 0 Å². The van der Waals surface area contributed by atoms with Gasteiger partial charge in [-0.2, -0.15) is 0 Å². The molecule has 0 unspecified atom stereocenters. The van der Waals surface area contributed by atoms with Crippen LogP contribution in [0, 0.1) is 10.1 Å². The predicted molar refractivity (Wildman–Crippen MR) is 109 cm³/mol. The van der Waals surface area contributed by atoms with Gasteiger partial charge in [0.15, 0.2) is 17.5 Å². The quantitative estimate of drug-likeness (QED) is 0.513. The minimum absolute atomic E-state index is 0.0524. The topological polar surface area (TPSA) is 83.1 Å². The first-order chi connectivity index (χ1) is 14.1. The van der Waals surface area contributed by atoms with Gasteiger partial charge in [-0.3, -0.25) is 10.1 Å². The van der Waals surface area contributed by atoms with Crippen LogP contribution in [0.25, 0.3) is 5.69 Å². The van der Waals surface area contributed by atoms with Crippen molar-refractivity contribution in [2.45, 2.75) is 26.4 Å². The van der Waals surface area contributed by atoms with Gasteiger partial charge in [-0.05, 0) is 32.0 Å². The largest absolute Gasteiger partial charge is 0.490 e. The van der Waals surface area contributed by atoms with E-state index in [4.69, 9.17) is 9.47 Å². The highest BCUT2D eigenvalue weighted by molar-refractivity contribution is 5.56. The third-order valence-electron chi connectivity index (χ3n) is 5.12. The van der Waals surface area contributed by atoms with Crippen LogP contribution < -0.4 is 14.8 Å². The van der Waals surface area contributed by atoms with Gasteiger partial charge in [-0.25, -0.2) is 0 Å². The molecule has 1 atom stereocenters. The molecule has 3 aromatic rings. The zero-order chi connectivity index (χ0) is 20.4. The average Bonchev–Trinajstić information content (AvgIpc) is 3.14. The number of nitro groups is 1. The lowest BCUT2D eigenvalue weighted by atomic mass is 10.0. The number of fused-ring (bicyclic) bond motifs is 3. The van der Waals surface area contributed by atoms with Crippen molar-refractivity contribution in [1.82, 2.24) is 4.57 Å². The summed E-state index contributed by atoms with van der Waals surface area (Å²) < 4.78 is 13.8. The minimum atomic E-state index is -0.350. The summed E-state index contributed by atoms with van der Waals surface area (Å²) in [5.74, 6) is 1.46. The molecule has 0 amide bonds. The Morgan fingerprint density at radius 1 is 1.10 bits per heavy atom. The van der Waals surface area contributed by atoms with Gasteiger partial charge in [-0.1, -0.05) is 12.1 Å². The number of quaternary nitrogens is 1. The molecule has 4 rings (SSSR count). The van der Waals surface area contributed by atoms with E-state index in [1.807, 2.05) is 44.3 Å². The molecule has 7 nitrogen and oxygen atoms in total. The van der Waals surface area contributed by atoms with Crippen molar-refractivity contribution in [3.8, 4) is 17.2 Å². The van der Waals surface area contributed by atoms with Crippen molar-refractivity contribution < 1.29 is 19.7 Å². The number of ether oxygens (including phenoxy) is 2. The highest BCUT2D eigenvalue weighted by atomic mass is 16.6. The first-order valence-electron chi connectivity index (χ1n) is 9.80. The molecule has 1 aromatic heterocycles. The Hall–Kier alpha value is -3.32. The number of aromatic nitrogens is 1. The summed E-state index contributed by atoms with van der Waals surface area (Å²) in [4.78, 5) is 10.9. The van der Waals surface area contributed by atoms with Crippen LogP contribution in [0.1, 0.15) is 36.7 Å². The van der Waals surface area contributed by atoms with Gasteiger partial charge in [0.25, 0.3) is 5.69 Å². The number of nitrogens with zero attached hydrogens (tertiary/aromatic N) is 2. The Balaban J connectivity index is 1.81. The van der Waals surface area contributed by atoms with E-state index in [9.17, 15) is 10.1 Å². The summed E-state index contributed by atoms with van der Waals surface area (Å²) in [6.45, 7) is 5.74. The minimum Gasteiger partial charge on any atom is -0.490 e. The fraction of sp³-hybridized carbons (Fsp3) is 0.273. The Morgan fingerprint density at radius 2 is 1.86 bits per heavy atom. The summed E-state index contributed by atoms with van der Waals surface area (Å²) in [5, 5.41) is 13.4. The second-order valence-corrected chi connectivity index (χ2v) is 6.87. The van der Waals surface area contributed by atoms with Gasteiger partial charge in [0.1, 0.15) is 6.54 Å². The third kappa shape index (κ3) is 3.56. The van der Waals surface area contributed by atoms with Crippen molar-refractivity contribution in [3.05, 3.63) is 81.7 Å². The number of non-ortho nitro benzene ring substituents is 1. The van der Waals surface area contributed by atoms with Crippen LogP contribution in [0.15, 0.2) is 54.7 Å². The first-order valence-corrected chi connectivity index (χ1v) is 9.80. The molecule has 0 aliphatic carbocycles. The summed E-state index contributed by atoms with van der Waals surface area (Å²) in [6.07, 6.45) is 2.02. The predicted octanol–water partition coefficient (Wildman–Crippen LogP) is 3.35. The lowest BCUT2D eigenvalue weighted by Crippen LogP contribution is -2.83. The molecule has 0 fully saturated rings. The van der Waals surface area contributed by atoms with E-state index in [0.717, 1.165) is 40.6 Å². The van der Waals surface area contributed by atoms with Crippen LogP contribution in [0.4, 0.5) is 5.69 Å². The zero-order valence-electron chi connectivity index (χ0n) is 16.5. The van der Waals surface area contributed by atoms with Gasteiger partial charge < -0.3 is 19.4 Å². The fourth-order valence-electron chi connectivity index (χ4n) is 3.89. The van der Waals surface area contributed by atoms with Crippen molar-refractivity contribution in [2.24, 2.45) is 0 Å². The Labute approximate surface area is 169 Å². The SMILES string of the molecule is CCOc1cc2c(cc1OCC)-n1cccc1[C@H](c1cccc([N+](=O)[O-])c1)[NH2+]C2. The highest BCUT2D eigenvalue weighted by Crippen LogP contribution is 2.36. The van der Waals surface area contributed by atoms with Crippen LogP contribution in [0.3, 0.4) is 0 Å². The van der Waals surface area contributed by atoms with E-state index in [0.29, 0.717) is 13.2 Å². The number of benzene rings is 2. The van der Waals surface area contributed by atoms with Crippen molar-refractivity contribution >= 4 is 5.69 Å². The monoisotopic (exact) mass is 394 g/mol. The molecule has 0 saturated heterocycles. The van der Waals surface area contributed by atoms with E-state index in [1.54, 1.807) is 12.1 Å². The van der Waals surface area contributed by atoms with E-state index in [2.05, 4.69) is 16.0 Å². The van der Waals surface area contributed by atoms with Crippen LogP contribution in [0.5, 0.6) is 11.5 Å². The summed E-state index contributed by atoms with van der Waals surface area (Å²) in [7, 11) is 0. The van der Waals surface area contributed by atoms with Gasteiger partial charge >= 0.3 is 0 Å². The van der Waals surface area contributed by atoms with Gasteiger partial charge in [0.2, 0.25) is 0 Å². The van der Waals surface area contributed by atoms with E-state index in [1.165, 1.54) is 6.07 Å². The second kappa shape index (κ2) is 7.97. The molecule has 2 aromatic carbocycles. The third-order valence-corrected chi connectivity index (χ3v) is 5.12. The maximum atomic E-state index is 11.2. The van der Waals surface area contributed by atoms with Crippen LogP contribution in [-0.2, 0) is 6.54 Å². The van der Waals surface area contributed by atoms with Crippen molar-refractivity contribution in [3.63, 3.8) is 0 Å². The molecule has 0 spiro atoms. The van der Waals surface area contributed by atoms with Gasteiger partial charge in [0.05, 0.1) is 29.5 Å². The highest BCUT2D eigenvalue weighted by Gasteiger charge is 2.28. The molecule has 1 aliphatic rings. The number of nitrogens with two attached hydrogens (primary N) is 1. The van der Waals surface area contributed by atoms with Crippen molar-refractivity contribution in [2.75, 3.05) is 13.2 Å². The molecule has 150 valence electrons. The Morgan fingerprint density at radius 3 is 2.59 bits per heavy atom. The van der Waals surface area contributed by atoms with Crippen LogP contribution in [0.2, 0.25) is 0 Å². The smallest absolute Gasteiger partial charge is 0.269 e. The maximum absolute atomic E-state index is 11.2. The molecule has 0 saturated carbocycles. The zero-order valence-corrected chi connectivity index (χ0v) is 16.5.